The van der Waals surface area contributed by atoms with Crippen molar-refractivity contribution in [3.8, 4) is 0 Å². The zero-order valence-electron chi connectivity index (χ0n) is 8.84. The van der Waals surface area contributed by atoms with E-state index < -0.39 is 0 Å². The standard InChI is InChI=1S/C13H12FN/c1-8(2)13-6-10-4-5-11(14)7-12(10)9(3)15-13/h4-7H,1H2,2-3H3. The molecular formula is C13H12FN. The summed E-state index contributed by atoms with van der Waals surface area (Å²) in [5, 5.41) is 1.86. The molecule has 2 rings (SSSR count). The molecule has 2 heteroatoms. The zero-order chi connectivity index (χ0) is 11.0. The first kappa shape index (κ1) is 9.84. The van der Waals surface area contributed by atoms with E-state index in [1.807, 2.05) is 19.9 Å². The topological polar surface area (TPSA) is 12.9 Å². The highest BCUT2D eigenvalue weighted by molar-refractivity contribution is 5.86. The van der Waals surface area contributed by atoms with Crippen molar-refractivity contribution in [1.82, 2.24) is 4.98 Å². The van der Waals surface area contributed by atoms with E-state index >= 15 is 0 Å². The lowest BCUT2D eigenvalue weighted by atomic mass is 10.1. The van der Waals surface area contributed by atoms with E-state index in [0.717, 1.165) is 27.7 Å². The Morgan fingerprint density at radius 1 is 1.33 bits per heavy atom. The van der Waals surface area contributed by atoms with Crippen molar-refractivity contribution < 1.29 is 4.39 Å². The average molecular weight is 201 g/mol. The van der Waals surface area contributed by atoms with Gasteiger partial charge >= 0.3 is 0 Å². The van der Waals surface area contributed by atoms with Gasteiger partial charge in [0.1, 0.15) is 5.82 Å². The van der Waals surface area contributed by atoms with Gasteiger partial charge in [0, 0.05) is 11.1 Å². The number of halogens is 1. The molecule has 0 amide bonds. The highest BCUT2D eigenvalue weighted by atomic mass is 19.1. The summed E-state index contributed by atoms with van der Waals surface area (Å²) in [5.41, 5.74) is 2.63. The lowest BCUT2D eigenvalue weighted by molar-refractivity contribution is 0.629. The minimum absolute atomic E-state index is 0.226. The van der Waals surface area contributed by atoms with Crippen LogP contribution in [0.3, 0.4) is 0 Å². The summed E-state index contributed by atoms with van der Waals surface area (Å²) in [4.78, 5) is 4.38. The van der Waals surface area contributed by atoms with Crippen LogP contribution in [0.4, 0.5) is 4.39 Å². The fraction of sp³-hybridized carbons (Fsp3) is 0.154. The molecule has 0 aliphatic heterocycles. The number of aromatic nitrogens is 1. The molecule has 1 nitrogen and oxygen atoms in total. The number of aryl methyl sites for hydroxylation is 1. The lowest BCUT2D eigenvalue weighted by Gasteiger charge is -2.05. The second-order valence-electron chi connectivity index (χ2n) is 3.74. The van der Waals surface area contributed by atoms with Crippen LogP contribution in [0.5, 0.6) is 0 Å². The van der Waals surface area contributed by atoms with Gasteiger partial charge in [-0.3, -0.25) is 4.98 Å². The number of rotatable bonds is 1. The second kappa shape index (κ2) is 3.46. The Balaban J connectivity index is 2.78. The summed E-state index contributed by atoms with van der Waals surface area (Å²) in [6, 6.07) is 6.68. The number of hydrogen-bond donors (Lipinski definition) is 0. The van der Waals surface area contributed by atoms with Crippen LogP contribution < -0.4 is 0 Å². The van der Waals surface area contributed by atoms with Gasteiger partial charge in [0.2, 0.25) is 0 Å². The van der Waals surface area contributed by atoms with E-state index in [4.69, 9.17) is 0 Å². The Bertz CT molecular complexity index is 543. The van der Waals surface area contributed by atoms with E-state index in [2.05, 4.69) is 11.6 Å². The molecule has 0 spiro atoms. The van der Waals surface area contributed by atoms with Gasteiger partial charge in [-0.25, -0.2) is 4.39 Å². The molecule has 0 radical (unpaired) electrons. The Hall–Kier alpha value is -1.70. The molecule has 0 aliphatic rings. The van der Waals surface area contributed by atoms with Crippen molar-refractivity contribution in [2.45, 2.75) is 13.8 Å². The summed E-state index contributed by atoms with van der Waals surface area (Å²) in [5.74, 6) is -0.226. The maximum atomic E-state index is 13.0. The van der Waals surface area contributed by atoms with Crippen LogP contribution in [0.2, 0.25) is 0 Å². The van der Waals surface area contributed by atoms with Gasteiger partial charge in [0.25, 0.3) is 0 Å². The van der Waals surface area contributed by atoms with Crippen LogP contribution in [-0.2, 0) is 0 Å². The van der Waals surface area contributed by atoms with E-state index in [-0.39, 0.29) is 5.82 Å². The third-order valence-corrected chi connectivity index (χ3v) is 2.42. The van der Waals surface area contributed by atoms with Crippen LogP contribution in [0.1, 0.15) is 18.3 Å². The predicted octanol–water partition coefficient (Wildman–Crippen LogP) is 3.72. The molecule has 0 saturated carbocycles. The smallest absolute Gasteiger partial charge is 0.123 e. The molecule has 0 saturated heterocycles. The highest BCUT2D eigenvalue weighted by Crippen LogP contribution is 2.21. The van der Waals surface area contributed by atoms with Crippen molar-refractivity contribution in [2.24, 2.45) is 0 Å². The fourth-order valence-corrected chi connectivity index (χ4v) is 1.61. The van der Waals surface area contributed by atoms with Crippen LogP contribution in [-0.4, -0.2) is 4.98 Å². The maximum Gasteiger partial charge on any atom is 0.123 e. The highest BCUT2D eigenvalue weighted by Gasteiger charge is 2.04. The first-order chi connectivity index (χ1) is 7.08. The molecule has 76 valence electrons. The van der Waals surface area contributed by atoms with E-state index in [9.17, 15) is 4.39 Å². The third-order valence-electron chi connectivity index (χ3n) is 2.42. The summed E-state index contributed by atoms with van der Waals surface area (Å²) in [6.07, 6.45) is 0. The molecule has 0 unspecified atom stereocenters. The number of hydrogen-bond acceptors (Lipinski definition) is 1. The minimum atomic E-state index is -0.226. The Labute approximate surface area is 88.3 Å². The fourth-order valence-electron chi connectivity index (χ4n) is 1.61. The molecule has 0 atom stereocenters. The van der Waals surface area contributed by atoms with E-state index in [0.29, 0.717) is 0 Å². The predicted molar refractivity (Wildman–Crippen MR) is 61.1 cm³/mol. The summed E-state index contributed by atoms with van der Waals surface area (Å²) in [6.45, 7) is 7.65. The lowest BCUT2D eigenvalue weighted by Crippen LogP contribution is -1.91. The normalized spacial score (nSPS) is 10.6. The van der Waals surface area contributed by atoms with Gasteiger partial charge in [0.15, 0.2) is 0 Å². The monoisotopic (exact) mass is 201 g/mol. The van der Waals surface area contributed by atoms with Gasteiger partial charge in [-0.1, -0.05) is 12.6 Å². The number of fused-ring (bicyclic) bond motifs is 1. The number of allylic oxidation sites excluding steroid dienone is 1. The Kier molecular flexibility index (Phi) is 2.27. The Morgan fingerprint density at radius 3 is 2.73 bits per heavy atom. The average Bonchev–Trinajstić information content (AvgIpc) is 2.18. The van der Waals surface area contributed by atoms with Crippen molar-refractivity contribution in [3.05, 3.63) is 48.0 Å². The molecule has 0 bridgehead atoms. The first-order valence-corrected chi connectivity index (χ1v) is 4.81. The van der Waals surface area contributed by atoms with Crippen molar-refractivity contribution >= 4 is 16.3 Å². The molecule has 1 heterocycles. The number of nitrogens with zero attached hydrogens (tertiary/aromatic N) is 1. The van der Waals surface area contributed by atoms with Gasteiger partial charge in [-0.2, -0.15) is 0 Å². The molecule has 1 aromatic heterocycles. The van der Waals surface area contributed by atoms with Gasteiger partial charge in [-0.15, -0.1) is 0 Å². The van der Waals surface area contributed by atoms with Gasteiger partial charge in [-0.05, 0) is 43.0 Å². The molecule has 0 fully saturated rings. The summed E-state index contributed by atoms with van der Waals surface area (Å²) in [7, 11) is 0. The maximum absolute atomic E-state index is 13.0. The molecule has 2 aromatic rings. The van der Waals surface area contributed by atoms with Crippen LogP contribution in [0.25, 0.3) is 16.3 Å². The number of benzene rings is 1. The van der Waals surface area contributed by atoms with E-state index in [1.54, 1.807) is 6.07 Å². The first-order valence-electron chi connectivity index (χ1n) is 4.81. The SMILES string of the molecule is C=C(C)c1cc2ccc(F)cc2c(C)n1. The quantitative estimate of drug-likeness (QED) is 0.685. The van der Waals surface area contributed by atoms with Crippen LogP contribution >= 0.6 is 0 Å². The van der Waals surface area contributed by atoms with E-state index in [1.165, 1.54) is 12.1 Å². The molecule has 0 aliphatic carbocycles. The third kappa shape index (κ3) is 1.75. The van der Waals surface area contributed by atoms with Gasteiger partial charge < -0.3 is 0 Å². The number of pyridine rings is 1. The zero-order valence-corrected chi connectivity index (χ0v) is 8.84. The molecule has 0 N–H and O–H groups in total. The van der Waals surface area contributed by atoms with Crippen molar-refractivity contribution in [1.29, 1.82) is 0 Å². The molecule has 1 aromatic carbocycles. The van der Waals surface area contributed by atoms with Crippen LogP contribution in [0, 0.1) is 12.7 Å². The molecular weight excluding hydrogens is 189 g/mol. The summed E-state index contributed by atoms with van der Waals surface area (Å²) < 4.78 is 13.0. The second-order valence-corrected chi connectivity index (χ2v) is 3.74. The van der Waals surface area contributed by atoms with Crippen molar-refractivity contribution in [3.63, 3.8) is 0 Å². The summed E-state index contributed by atoms with van der Waals surface area (Å²) >= 11 is 0. The van der Waals surface area contributed by atoms with Crippen LogP contribution in [0.15, 0.2) is 30.8 Å². The molecule has 15 heavy (non-hydrogen) atoms. The van der Waals surface area contributed by atoms with Gasteiger partial charge in [0.05, 0.1) is 5.69 Å². The minimum Gasteiger partial charge on any atom is -0.253 e. The Morgan fingerprint density at radius 2 is 2.07 bits per heavy atom. The largest absolute Gasteiger partial charge is 0.253 e. The van der Waals surface area contributed by atoms with Crippen molar-refractivity contribution in [2.75, 3.05) is 0 Å².